The van der Waals surface area contributed by atoms with Gasteiger partial charge in [0.25, 0.3) is 0 Å². The Kier molecular flexibility index (Phi) is 3.79. The molecule has 2 aromatic carbocycles. The Morgan fingerprint density at radius 3 is 2.31 bits per heavy atom. The smallest absolute Gasteiger partial charge is 0.0563 e. The monoisotopic (exact) mass is 339 g/mol. The highest BCUT2D eigenvalue weighted by Gasteiger charge is 2.11. The average molecular weight is 341 g/mol. The third-order valence-corrected chi connectivity index (χ3v) is 3.67. The summed E-state index contributed by atoms with van der Waals surface area (Å²) in [4.78, 5) is 0. The first-order valence-electron chi connectivity index (χ1n) is 4.94. The molecule has 2 aromatic rings. The van der Waals surface area contributed by atoms with E-state index in [9.17, 15) is 0 Å². The summed E-state index contributed by atoms with van der Waals surface area (Å²) in [7, 11) is 0. The molecule has 0 aliphatic heterocycles. The molecule has 82 valence electrons. The van der Waals surface area contributed by atoms with Gasteiger partial charge in [0.1, 0.15) is 0 Å². The summed E-state index contributed by atoms with van der Waals surface area (Å²) in [5, 5.41) is 0. The third-order valence-electron chi connectivity index (χ3n) is 2.45. The van der Waals surface area contributed by atoms with Crippen LogP contribution in [0.3, 0.4) is 0 Å². The lowest BCUT2D eigenvalue weighted by atomic mass is 10.00. The number of halogens is 2. The maximum atomic E-state index is 6.24. The van der Waals surface area contributed by atoms with Crippen molar-refractivity contribution in [1.82, 2.24) is 0 Å². The van der Waals surface area contributed by atoms with Crippen molar-refractivity contribution in [2.75, 3.05) is 0 Å². The summed E-state index contributed by atoms with van der Waals surface area (Å²) in [6, 6.07) is 16.0. The number of hydrogen-bond donors (Lipinski definition) is 1. The molecule has 0 fully saturated rings. The largest absolute Gasteiger partial charge is 0.320 e. The molecule has 0 saturated heterocycles. The second kappa shape index (κ2) is 5.13. The summed E-state index contributed by atoms with van der Waals surface area (Å²) in [5.74, 6) is 0. The summed E-state index contributed by atoms with van der Waals surface area (Å²) < 4.78 is 2.07. The molecule has 1 nitrogen and oxygen atoms in total. The Balaban J connectivity index is 2.41. The quantitative estimate of drug-likeness (QED) is 0.868. The average Bonchev–Trinajstić information content (AvgIpc) is 2.32. The van der Waals surface area contributed by atoms with Gasteiger partial charge in [-0.1, -0.05) is 62.2 Å². The Morgan fingerprint density at radius 1 is 0.938 bits per heavy atom. The number of rotatable bonds is 2. The van der Waals surface area contributed by atoms with E-state index in [1.807, 2.05) is 48.5 Å². The first-order valence-corrected chi connectivity index (χ1v) is 6.52. The zero-order valence-corrected chi connectivity index (χ0v) is 11.7. The molecular formula is C13H11Br2N. The van der Waals surface area contributed by atoms with E-state index in [2.05, 4.69) is 31.9 Å². The minimum atomic E-state index is -0.104. The van der Waals surface area contributed by atoms with Crippen LogP contribution in [0.15, 0.2) is 57.5 Å². The van der Waals surface area contributed by atoms with Gasteiger partial charge in [0, 0.05) is 8.95 Å². The summed E-state index contributed by atoms with van der Waals surface area (Å²) in [5.41, 5.74) is 8.43. The molecule has 16 heavy (non-hydrogen) atoms. The molecule has 2 rings (SSSR count). The van der Waals surface area contributed by atoms with Crippen molar-refractivity contribution in [1.29, 1.82) is 0 Å². The predicted octanol–water partition coefficient (Wildman–Crippen LogP) is 4.26. The lowest BCUT2D eigenvalue weighted by Gasteiger charge is -2.14. The Bertz CT molecular complexity index is 483. The molecule has 0 aliphatic carbocycles. The molecule has 1 atom stereocenters. The zero-order valence-electron chi connectivity index (χ0n) is 8.53. The molecule has 2 N–H and O–H groups in total. The molecule has 3 heteroatoms. The maximum Gasteiger partial charge on any atom is 0.0563 e. The molecule has 0 aliphatic rings. The van der Waals surface area contributed by atoms with Crippen LogP contribution in [0.5, 0.6) is 0 Å². The molecule has 1 unspecified atom stereocenters. The molecule has 0 heterocycles. The fourth-order valence-corrected chi connectivity index (χ4v) is 2.46. The first-order chi connectivity index (χ1) is 7.68. The minimum absolute atomic E-state index is 0.104. The van der Waals surface area contributed by atoms with Gasteiger partial charge >= 0.3 is 0 Å². The zero-order chi connectivity index (χ0) is 11.5. The second-order valence-electron chi connectivity index (χ2n) is 3.55. The van der Waals surface area contributed by atoms with Crippen molar-refractivity contribution in [3.63, 3.8) is 0 Å². The van der Waals surface area contributed by atoms with E-state index in [1.54, 1.807) is 0 Å². The van der Waals surface area contributed by atoms with Crippen LogP contribution in [0.1, 0.15) is 17.2 Å². The number of benzene rings is 2. The van der Waals surface area contributed by atoms with E-state index in [1.165, 1.54) is 0 Å². The number of nitrogens with two attached hydrogens (primary N) is 1. The minimum Gasteiger partial charge on any atom is -0.320 e. The maximum absolute atomic E-state index is 6.24. The van der Waals surface area contributed by atoms with Crippen molar-refractivity contribution < 1.29 is 0 Å². The Morgan fingerprint density at radius 2 is 1.62 bits per heavy atom. The first kappa shape index (κ1) is 11.8. The molecule has 0 spiro atoms. The van der Waals surface area contributed by atoms with Gasteiger partial charge in [0.15, 0.2) is 0 Å². The van der Waals surface area contributed by atoms with E-state index in [0.29, 0.717) is 0 Å². The highest BCUT2D eigenvalue weighted by Crippen LogP contribution is 2.29. The molecule has 0 radical (unpaired) electrons. The van der Waals surface area contributed by atoms with E-state index in [4.69, 9.17) is 5.73 Å². The normalized spacial score (nSPS) is 12.4. The van der Waals surface area contributed by atoms with Crippen LogP contribution in [0.2, 0.25) is 0 Å². The summed E-state index contributed by atoms with van der Waals surface area (Å²) >= 11 is 6.99. The van der Waals surface area contributed by atoms with Gasteiger partial charge in [-0.15, -0.1) is 0 Å². The van der Waals surface area contributed by atoms with Crippen LogP contribution in [-0.4, -0.2) is 0 Å². The second-order valence-corrected chi connectivity index (χ2v) is 5.32. The van der Waals surface area contributed by atoms with Crippen LogP contribution in [0.25, 0.3) is 0 Å². The van der Waals surface area contributed by atoms with Crippen LogP contribution < -0.4 is 5.73 Å². The Hall–Kier alpha value is -0.640. The van der Waals surface area contributed by atoms with Gasteiger partial charge in [-0.05, 0) is 29.3 Å². The highest BCUT2D eigenvalue weighted by atomic mass is 79.9. The van der Waals surface area contributed by atoms with Gasteiger partial charge in [-0.25, -0.2) is 0 Å². The van der Waals surface area contributed by atoms with Crippen LogP contribution in [0, 0.1) is 0 Å². The summed E-state index contributed by atoms with van der Waals surface area (Å²) in [6.45, 7) is 0. The van der Waals surface area contributed by atoms with Crippen molar-refractivity contribution in [2.45, 2.75) is 6.04 Å². The fraction of sp³-hybridized carbons (Fsp3) is 0.0769. The van der Waals surface area contributed by atoms with Crippen molar-refractivity contribution >= 4 is 31.9 Å². The van der Waals surface area contributed by atoms with Crippen molar-refractivity contribution in [3.8, 4) is 0 Å². The van der Waals surface area contributed by atoms with Crippen LogP contribution >= 0.6 is 31.9 Å². The van der Waals surface area contributed by atoms with E-state index in [0.717, 1.165) is 20.1 Å². The van der Waals surface area contributed by atoms with E-state index < -0.39 is 0 Å². The molecule has 0 bridgehead atoms. The van der Waals surface area contributed by atoms with Crippen molar-refractivity contribution in [2.24, 2.45) is 5.73 Å². The third kappa shape index (κ3) is 2.54. The lowest BCUT2D eigenvalue weighted by molar-refractivity contribution is 0.865. The van der Waals surface area contributed by atoms with Crippen molar-refractivity contribution in [3.05, 3.63) is 68.6 Å². The highest BCUT2D eigenvalue weighted by molar-refractivity contribution is 9.11. The van der Waals surface area contributed by atoms with Crippen LogP contribution in [-0.2, 0) is 0 Å². The molecular weight excluding hydrogens is 330 g/mol. The molecule has 0 amide bonds. The predicted molar refractivity (Wildman–Crippen MR) is 74.3 cm³/mol. The fourth-order valence-electron chi connectivity index (χ4n) is 1.59. The number of hydrogen-bond acceptors (Lipinski definition) is 1. The van der Waals surface area contributed by atoms with Crippen LogP contribution in [0.4, 0.5) is 0 Å². The van der Waals surface area contributed by atoms with Gasteiger partial charge in [0.05, 0.1) is 6.04 Å². The Labute approximate surface area is 112 Å². The van der Waals surface area contributed by atoms with Gasteiger partial charge in [0.2, 0.25) is 0 Å². The van der Waals surface area contributed by atoms with Gasteiger partial charge in [-0.3, -0.25) is 0 Å². The van der Waals surface area contributed by atoms with Gasteiger partial charge < -0.3 is 5.73 Å². The van der Waals surface area contributed by atoms with Gasteiger partial charge in [-0.2, -0.15) is 0 Å². The standard InChI is InChI=1S/C13H11Br2N/c14-10-6-7-12(15)11(8-10)13(16)9-4-2-1-3-5-9/h1-8,13H,16H2. The SMILES string of the molecule is NC(c1ccccc1)c1cc(Br)ccc1Br. The van der Waals surface area contributed by atoms with E-state index in [-0.39, 0.29) is 6.04 Å². The summed E-state index contributed by atoms with van der Waals surface area (Å²) in [6.07, 6.45) is 0. The molecule has 0 aromatic heterocycles. The lowest BCUT2D eigenvalue weighted by Crippen LogP contribution is -2.12. The van der Waals surface area contributed by atoms with E-state index >= 15 is 0 Å². The molecule has 0 saturated carbocycles. The topological polar surface area (TPSA) is 26.0 Å².